The van der Waals surface area contributed by atoms with Crippen molar-refractivity contribution in [2.75, 3.05) is 19.6 Å². The maximum absolute atomic E-state index is 12.1. The molecule has 88 valence electrons. The number of halogens is 1. The Morgan fingerprint density at radius 2 is 2.44 bits per heavy atom. The molecule has 0 aliphatic carbocycles. The fourth-order valence-corrected chi connectivity index (χ4v) is 2.36. The minimum atomic E-state index is 0.0466. The Morgan fingerprint density at radius 3 is 2.94 bits per heavy atom. The summed E-state index contributed by atoms with van der Waals surface area (Å²) in [5.41, 5.74) is 6.25. The van der Waals surface area contributed by atoms with Gasteiger partial charge in [-0.05, 0) is 24.9 Å². The first-order valence-electron chi connectivity index (χ1n) is 5.43. The average molecular weight is 242 g/mol. The molecule has 1 amide bonds. The van der Waals surface area contributed by atoms with Crippen LogP contribution in [0.5, 0.6) is 0 Å². The lowest BCUT2D eigenvalue weighted by molar-refractivity contribution is 0.0778. The topological polar surface area (TPSA) is 51.3 Å². The molecule has 0 spiro atoms. The molecule has 1 unspecified atom stereocenters. The molecule has 1 aromatic rings. The van der Waals surface area contributed by atoms with Gasteiger partial charge in [0.15, 0.2) is 0 Å². The Hall–Kier alpha value is -1.00. The quantitative estimate of drug-likeness (QED) is 0.843. The Bertz CT molecular complexity index is 402. The van der Waals surface area contributed by atoms with Gasteiger partial charge in [-0.1, -0.05) is 11.6 Å². The number of aryl methyl sites for hydroxylation is 1. The molecule has 4 nitrogen and oxygen atoms in total. The standard InChI is InChI=1S/C11H16ClN3O/c1-14-7-9(12)4-10(14)11(16)15-3-2-8(5-13)6-15/h4,7-8H,2-3,5-6,13H2,1H3. The lowest BCUT2D eigenvalue weighted by atomic mass is 10.1. The van der Waals surface area contributed by atoms with Crippen LogP contribution < -0.4 is 5.73 Å². The molecule has 1 aliphatic rings. The predicted molar refractivity (Wildman–Crippen MR) is 63.5 cm³/mol. The second-order valence-corrected chi connectivity index (χ2v) is 4.73. The van der Waals surface area contributed by atoms with Gasteiger partial charge in [-0.2, -0.15) is 0 Å². The fourth-order valence-electron chi connectivity index (χ4n) is 2.11. The van der Waals surface area contributed by atoms with Crippen LogP contribution in [0.1, 0.15) is 16.9 Å². The molecule has 2 heterocycles. The number of amides is 1. The summed E-state index contributed by atoms with van der Waals surface area (Å²) < 4.78 is 1.76. The Morgan fingerprint density at radius 1 is 1.69 bits per heavy atom. The van der Waals surface area contributed by atoms with Crippen molar-refractivity contribution in [3.63, 3.8) is 0 Å². The van der Waals surface area contributed by atoms with E-state index < -0.39 is 0 Å². The zero-order chi connectivity index (χ0) is 11.7. The van der Waals surface area contributed by atoms with E-state index in [1.54, 1.807) is 16.8 Å². The van der Waals surface area contributed by atoms with Gasteiger partial charge in [0.2, 0.25) is 0 Å². The minimum absolute atomic E-state index is 0.0466. The van der Waals surface area contributed by atoms with Crippen molar-refractivity contribution >= 4 is 17.5 Å². The zero-order valence-electron chi connectivity index (χ0n) is 9.32. The molecule has 1 aliphatic heterocycles. The number of rotatable bonds is 2. The summed E-state index contributed by atoms with van der Waals surface area (Å²) in [5, 5.41) is 0.598. The molecule has 2 N–H and O–H groups in total. The second-order valence-electron chi connectivity index (χ2n) is 4.30. The van der Waals surface area contributed by atoms with Crippen molar-refractivity contribution < 1.29 is 4.79 Å². The summed E-state index contributed by atoms with van der Waals surface area (Å²) in [4.78, 5) is 14.0. The van der Waals surface area contributed by atoms with Crippen LogP contribution in [0.3, 0.4) is 0 Å². The lowest BCUT2D eigenvalue weighted by Gasteiger charge is -2.16. The third-order valence-corrected chi connectivity index (χ3v) is 3.30. The van der Waals surface area contributed by atoms with Crippen molar-refractivity contribution in [2.24, 2.45) is 18.7 Å². The zero-order valence-corrected chi connectivity index (χ0v) is 10.1. The summed E-state index contributed by atoms with van der Waals surface area (Å²) in [6, 6.07) is 1.71. The van der Waals surface area contributed by atoms with Crippen LogP contribution in [-0.2, 0) is 7.05 Å². The summed E-state index contributed by atoms with van der Waals surface area (Å²) in [6.07, 6.45) is 2.74. The predicted octanol–water partition coefficient (Wildman–Crippen LogP) is 1.10. The molecule has 1 saturated heterocycles. The maximum Gasteiger partial charge on any atom is 0.270 e. The van der Waals surface area contributed by atoms with Gasteiger partial charge in [-0.25, -0.2) is 0 Å². The van der Waals surface area contributed by atoms with Crippen molar-refractivity contribution in [1.29, 1.82) is 0 Å². The van der Waals surface area contributed by atoms with E-state index in [0.29, 0.717) is 23.2 Å². The first-order valence-corrected chi connectivity index (χ1v) is 5.81. The molecule has 1 aromatic heterocycles. The molecule has 1 fully saturated rings. The first-order chi connectivity index (χ1) is 7.61. The van der Waals surface area contributed by atoms with Crippen molar-refractivity contribution in [2.45, 2.75) is 6.42 Å². The van der Waals surface area contributed by atoms with Crippen LogP contribution in [0.15, 0.2) is 12.3 Å². The molecule has 5 heteroatoms. The number of carbonyl (C=O) groups is 1. The van der Waals surface area contributed by atoms with E-state index in [1.807, 2.05) is 11.9 Å². The molecule has 0 radical (unpaired) electrons. The fraction of sp³-hybridized carbons (Fsp3) is 0.545. The van der Waals surface area contributed by atoms with Gasteiger partial charge in [-0.3, -0.25) is 4.79 Å². The van der Waals surface area contributed by atoms with E-state index in [4.69, 9.17) is 17.3 Å². The number of likely N-dealkylation sites (tertiary alicyclic amines) is 1. The molecule has 0 saturated carbocycles. The summed E-state index contributed by atoms with van der Waals surface area (Å²) in [6.45, 7) is 2.21. The van der Waals surface area contributed by atoms with Crippen LogP contribution in [-0.4, -0.2) is 35.0 Å². The lowest BCUT2D eigenvalue weighted by Crippen LogP contribution is -2.31. The third-order valence-electron chi connectivity index (χ3n) is 3.10. The highest BCUT2D eigenvalue weighted by atomic mass is 35.5. The van der Waals surface area contributed by atoms with Gasteiger partial charge in [0.05, 0.1) is 5.02 Å². The smallest absolute Gasteiger partial charge is 0.270 e. The number of carbonyl (C=O) groups excluding carboxylic acids is 1. The van der Waals surface area contributed by atoms with Gasteiger partial charge in [0.25, 0.3) is 5.91 Å². The summed E-state index contributed by atoms with van der Waals surface area (Å²) in [5.74, 6) is 0.491. The van der Waals surface area contributed by atoms with Gasteiger partial charge in [0, 0.05) is 26.3 Å². The molecule has 0 aromatic carbocycles. The van der Waals surface area contributed by atoms with Gasteiger partial charge in [-0.15, -0.1) is 0 Å². The Kier molecular flexibility index (Phi) is 3.21. The van der Waals surface area contributed by atoms with E-state index in [2.05, 4.69) is 0 Å². The van der Waals surface area contributed by atoms with Crippen LogP contribution in [0, 0.1) is 5.92 Å². The Balaban J connectivity index is 2.11. The highest BCUT2D eigenvalue weighted by Crippen LogP contribution is 2.20. The largest absolute Gasteiger partial charge is 0.345 e. The number of aromatic nitrogens is 1. The number of nitrogens with zero attached hydrogens (tertiary/aromatic N) is 2. The van der Waals surface area contributed by atoms with Crippen LogP contribution >= 0.6 is 11.6 Å². The monoisotopic (exact) mass is 241 g/mol. The molecule has 1 atom stereocenters. The first kappa shape index (κ1) is 11.5. The SMILES string of the molecule is Cn1cc(Cl)cc1C(=O)N1CCC(CN)C1. The molecule has 0 bridgehead atoms. The third kappa shape index (κ3) is 2.08. The second kappa shape index (κ2) is 4.47. The van der Waals surface area contributed by atoms with Crippen LogP contribution in [0.4, 0.5) is 0 Å². The highest BCUT2D eigenvalue weighted by Gasteiger charge is 2.27. The van der Waals surface area contributed by atoms with Gasteiger partial charge >= 0.3 is 0 Å². The van der Waals surface area contributed by atoms with Gasteiger partial charge < -0.3 is 15.2 Å². The van der Waals surface area contributed by atoms with Crippen molar-refractivity contribution in [3.05, 3.63) is 23.0 Å². The molecule has 16 heavy (non-hydrogen) atoms. The maximum atomic E-state index is 12.1. The number of hydrogen-bond donors (Lipinski definition) is 1. The number of nitrogens with two attached hydrogens (primary N) is 1. The Labute approximate surface area is 100.0 Å². The van der Waals surface area contributed by atoms with E-state index in [0.717, 1.165) is 19.5 Å². The normalized spacial score (nSPS) is 20.4. The van der Waals surface area contributed by atoms with E-state index in [1.165, 1.54) is 0 Å². The summed E-state index contributed by atoms with van der Waals surface area (Å²) in [7, 11) is 1.83. The average Bonchev–Trinajstić information content (AvgIpc) is 2.84. The van der Waals surface area contributed by atoms with E-state index >= 15 is 0 Å². The number of hydrogen-bond acceptors (Lipinski definition) is 2. The molecular formula is C11H16ClN3O. The van der Waals surface area contributed by atoms with Crippen LogP contribution in [0.2, 0.25) is 5.02 Å². The van der Waals surface area contributed by atoms with E-state index in [9.17, 15) is 4.79 Å². The van der Waals surface area contributed by atoms with E-state index in [-0.39, 0.29) is 5.91 Å². The van der Waals surface area contributed by atoms with Crippen molar-refractivity contribution in [1.82, 2.24) is 9.47 Å². The van der Waals surface area contributed by atoms with Gasteiger partial charge in [0.1, 0.15) is 5.69 Å². The minimum Gasteiger partial charge on any atom is -0.345 e. The molecular weight excluding hydrogens is 226 g/mol. The van der Waals surface area contributed by atoms with Crippen LogP contribution in [0.25, 0.3) is 0 Å². The highest BCUT2D eigenvalue weighted by molar-refractivity contribution is 6.31. The molecule has 2 rings (SSSR count). The summed E-state index contributed by atoms with van der Waals surface area (Å²) >= 11 is 5.86. The van der Waals surface area contributed by atoms with Crippen molar-refractivity contribution in [3.8, 4) is 0 Å².